The summed E-state index contributed by atoms with van der Waals surface area (Å²) in [5.74, 6) is 1.61. The van der Waals surface area contributed by atoms with Crippen LogP contribution in [-0.2, 0) is 28.4 Å². The van der Waals surface area contributed by atoms with Crippen LogP contribution in [0.15, 0.2) is 0 Å². The Balaban J connectivity index is 1.54. The molecule has 0 aromatic rings. The van der Waals surface area contributed by atoms with Crippen LogP contribution in [0.3, 0.4) is 0 Å². The molecule has 3 saturated heterocycles. The van der Waals surface area contributed by atoms with E-state index in [0.29, 0.717) is 63.6 Å². The maximum Gasteiger partial charge on any atom is 0.140 e. The van der Waals surface area contributed by atoms with Crippen molar-refractivity contribution >= 4 is 5.71 Å². The number of piperidine rings is 1. The monoisotopic (exact) mass is 589 g/mol. The third-order valence-electron chi connectivity index (χ3n) is 10.6. The third-order valence-corrected chi connectivity index (χ3v) is 10.6. The molecule has 1 N–H and O–H groups in total. The summed E-state index contributed by atoms with van der Waals surface area (Å²) in [7, 11) is 0. The molecule has 238 valence electrons. The molecule has 2 saturated carbocycles. The molecule has 3 aliphatic heterocycles. The number of ether oxygens (including phenoxy) is 6. The van der Waals surface area contributed by atoms with Gasteiger partial charge in [0.05, 0.1) is 50.3 Å². The van der Waals surface area contributed by atoms with Crippen LogP contribution in [0.1, 0.15) is 73.6 Å². The van der Waals surface area contributed by atoms with Gasteiger partial charge < -0.3 is 33.8 Å². The van der Waals surface area contributed by atoms with Gasteiger partial charge in [-0.05, 0) is 71.6 Å². The number of nitrogens with one attached hydrogen (secondary N) is 1. The molecule has 5 aliphatic rings. The Morgan fingerprint density at radius 2 is 1.55 bits per heavy atom. The average molecular weight is 590 g/mol. The number of hydrogen-bond donors (Lipinski definition) is 1. The van der Waals surface area contributed by atoms with Crippen molar-refractivity contribution in [1.82, 2.24) is 4.90 Å². The first-order valence-electron chi connectivity index (χ1n) is 16.8. The number of rotatable bonds is 8. The molecule has 9 nitrogen and oxygen atoms in total. The van der Waals surface area contributed by atoms with Gasteiger partial charge in [0, 0.05) is 55.1 Å². The standard InChI is InChI=1S/C33H55N3O6/c1-7-37-16-22-10-19(4)11-24-18-40-21(6)29(35)25-14-28(41-30(22)24)33-36(27(25)15-34)32(39-9-3)26-13-20(5)12-23(17-38-8-2)31(26)42-33/h19-28,30-33,35H,7-14,16-18H2,1-6H3. The van der Waals surface area contributed by atoms with Crippen molar-refractivity contribution in [2.45, 2.75) is 117 Å². The largest absolute Gasteiger partial charge is 0.381 e. The van der Waals surface area contributed by atoms with Crippen LogP contribution in [0.5, 0.6) is 0 Å². The fourth-order valence-electron chi connectivity index (χ4n) is 8.93. The van der Waals surface area contributed by atoms with E-state index in [4.69, 9.17) is 28.4 Å². The Kier molecular flexibility index (Phi) is 11.0. The summed E-state index contributed by atoms with van der Waals surface area (Å²) < 4.78 is 39.3. The van der Waals surface area contributed by atoms with Gasteiger partial charge in [0.25, 0.3) is 0 Å². The fourth-order valence-corrected chi connectivity index (χ4v) is 8.93. The van der Waals surface area contributed by atoms with Gasteiger partial charge >= 0.3 is 0 Å². The summed E-state index contributed by atoms with van der Waals surface area (Å²) >= 11 is 0. The van der Waals surface area contributed by atoms with Gasteiger partial charge in [0.15, 0.2) is 0 Å². The highest BCUT2D eigenvalue weighted by Gasteiger charge is 2.59. The molecule has 3 heterocycles. The van der Waals surface area contributed by atoms with Gasteiger partial charge in [0.1, 0.15) is 18.5 Å². The van der Waals surface area contributed by atoms with E-state index in [9.17, 15) is 10.7 Å². The Morgan fingerprint density at radius 1 is 0.881 bits per heavy atom. The maximum absolute atomic E-state index is 10.7. The zero-order valence-corrected chi connectivity index (χ0v) is 26.7. The van der Waals surface area contributed by atoms with Crippen LogP contribution in [0, 0.1) is 58.2 Å². The minimum atomic E-state index is -0.547. The lowest BCUT2D eigenvalue weighted by molar-refractivity contribution is -0.331. The van der Waals surface area contributed by atoms with Crippen molar-refractivity contribution in [3.8, 4) is 6.07 Å². The summed E-state index contributed by atoms with van der Waals surface area (Å²) in [6, 6.07) is 2.06. The normalized spacial score (nSPS) is 46.2. The fraction of sp³-hybridized carbons (Fsp3) is 0.939. The molecule has 14 atom stereocenters. The lowest BCUT2D eigenvalue weighted by Gasteiger charge is -2.60. The Morgan fingerprint density at radius 3 is 2.19 bits per heavy atom. The molecule has 0 amide bonds. The minimum Gasteiger partial charge on any atom is -0.381 e. The van der Waals surface area contributed by atoms with Crippen molar-refractivity contribution in [3.05, 3.63) is 0 Å². The molecule has 9 heteroatoms. The lowest BCUT2D eigenvalue weighted by Crippen LogP contribution is -2.72. The first kappa shape index (κ1) is 32.3. The summed E-state index contributed by atoms with van der Waals surface area (Å²) in [4.78, 5) is 2.17. The molecule has 0 aromatic carbocycles. The van der Waals surface area contributed by atoms with E-state index >= 15 is 0 Å². The zero-order valence-electron chi connectivity index (χ0n) is 26.7. The van der Waals surface area contributed by atoms with Crippen molar-refractivity contribution in [2.24, 2.45) is 41.4 Å². The molecule has 14 unspecified atom stereocenters. The first-order valence-corrected chi connectivity index (χ1v) is 16.8. The van der Waals surface area contributed by atoms with Crippen LogP contribution >= 0.6 is 0 Å². The molecular weight excluding hydrogens is 534 g/mol. The van der Waals surface area contributed by atoms with Crippen molar-refractivity contribution in [2.75, 3.05) is 39.6 Å². The second-order valence-corrected chi connectivity index (χ2v) is 13.7. The van der Waals surface area contributed by atoms with E-state index in [1.807, 2.05) is 27.7 Å². The SMILES string of the molecule is CCOCC1CC(C)CC2COC(C)C(=N)C3CC(OC12)C1OC2C(COCC)CC(C)CC2C(OCC)N1C3C#N. The predicted molar refractivity (Wildman–Crippen MR) is 159 cm³/mol. The average Bonchev–Trinajstić information content (AvgIpc) is 2.97. The highest BCUT2D eigenvalue weighted by molar-refractivity contribution is 5.89. The zero-order chi connectivity index (χ0) is 30.0. The third kappa shape index (κ3) is 6.47. The maximum atomic E-state index is 10.7. The topological polar surface area (TPSA) is 106 Å². The summed E-state index contributed by atoms with van der Waals surface area (Å²) in [5.41, 5.74) is 0.477. The lowest BCUT2D eigenvalue weighted by atomic mass is 9.70. The molecule has 0 spiro atoms. The van der Waals surface area contributed by atoms with Crippen LogP contribution in [0.4, 0.5) is 0 Å². The summed E-state index contributed by atoms with van der Waals surface area (Å²) in [5, 5.41) is 19.9. The summed E-state index contributed by atoms with van der Waals surface area (Å²) in [6.45, 7) is 16.5. The van der Waals surface area contributed by atoms with Gasteiger partial charge in [-0.3, -0.25) is 0 Å². The number of nitrogens with zero attached hydrogens (tertiary/aromatic N) is 2. The van der Waals surface area contributed by atoms with Gasteiger partial charge in [-0.25, -0.2) is 4.90 Å². The molecule has 42 heavy (non-hydrogen) atoms. The van der Waals surface area contributed by atoms with E-state index in [-0.39, 0.29) is 60.2 Å². The predicted octanol–water partition coefficient (Wildman–Crippen LogP) is 4.88. The van der Waals surface area contributed by atoms with E-state index in [0.717, 1.165) is 25.7 Å². The van der Waals surface area contributed by atoms with E-state index in [1.54, 1.807) is 0 Å². The van der Waals surface area contributed by atoms with E-state index in [1.165, 1.54) is 0 Å². The molecule has 0 radical (unpaired) electrons. The number of hydrogen-bond acceptors (Lipinski definition) is 9. The van der Waals surface area contributed by atoms with Crippen LogP contribution in [0.2, 0.25) is 0 Å². The second kappa shape index (κ2) is 14.3. The smallest absolute Gasteiger partial charge is 0.140 e. The Labute approximate surface area is 253 Å². The second-order valence-electron chi connectivity index (χ2n) is 13.7. The molecule has 5 rings (SSSR count). The van der Waals surface area contributed by atoms with Crippen molar-refractivity contribution < 1.29 is 28.4 Å². The highest BCUT2D eigenvalue weighted by Crippen LogP contribution is 2.49. The summed E-state index contributed by atoms with van der Waals surface area (Å²) in [6.07, 6.45) is 3.28. The molecule has 2 bridgehead atoms. The first-order chi connectivity index (χ1) is 20.3. The highest BCUT2D eigenvalue weighted by atomic mass is 16.6. The van der Waals surface area contributed by atoms with Crippen LogP contribution in [0.25, 0.3) is 0 Å². The molecular formula is C33H55N3O6. The molecule has 2 aliphatic carbocycles. The Bertz CT molecular complexity index is 945. The molecule has 0 aromatic heterocycles. The molecule has 5 fully saturated rings. The van der Waals surface area contributed by atoms with Crippen LogP contribution in [-0.4, -0.2) is 93.2 Å². The van der Waals surface area contributed by atoms with Gasteiger partial charge in [-0.2, -0.15) is 5.26 Å². The Hall–Kier alpha value is -1.12. The van der Waals surface area contributed by atoms with Crippen molar-refractivity contribution in [1.29, 1.82) is 10.7 Å². The number of nitriles is 1. The van der Waals surface area contributed by atoms with Crippen molar-refractivity contribution in [3.63, 3.8) is 0 Å². The van der Waals surface area contributed by atoms with Gasteiger partial charge in [0.2, 0.25) is 0 Å². The van der Waals surface area contributed by atoms with Crippen LogP contribution < -0.4 is 0 Å². The number of fused-ring (bicyclic) bond motifs is 6. The minimum absolute atomic E-state index is 0.0245. The van der Waals surface area contributed by atoms with Gasteiger partial charge in [-0.1, -0.05) is 13.8 Å². The quantitative estimate of drug-likeness (QED) is 0.427. The van der Waals surface area contributed by atoms with E-state index in [2.05, 4.69) is 24.8 Å². The van der Waals surface area contributed by atoms with E-state index < -0.39 is 12.3 Å². The van der Waals surface area contributed by atoms with Gasteiger partial charge in [-0.15, -0.1) is 0 Å².